The van der Waals surface area contributed by atoms with Gasteiger partial charge in [-0.3, -0.25) is 10.2 Å². The number of carbonyl (C=O) groups excluding carboxylic acids is 1. The monoisotopic (exact) mass is 721 g/mol. The summed E-state index contributed by atoms with van der Waals surface area (Å²) in [6.07, 6.45) is -0.269. The second-order valence-electron chi connectivity index (χ2n) is 14.5. The summed E-state index contributed by atoms with van der Waals surface area (Å²) in [5.41, 5.74) is 4.53. The molecule has 5 fully saturated rings. The molecule has 0 amide bonds. The van der Waals surface area contributed by atoms with E-state index < -0.39 is 47.2 Å². The number of piperidine rings is 1. The largest absolute Gasteiger partial charge is 0.504 e. The number of aliphatic hydroxyl groups is 1. The Morgan fingerprint density at radius 2 is 1.88 bits per heavy atom. The predicted molar refractivity (Wildman–Crippen MR) is 184 cm³/mol. The molecule has 4 bridgehead atoms. The number of hydrogen-bond donors (Lipinski definition) is 5. The van der Waals surface area contributed by atoms with Crippen molar-refractivity contribution in [2.75, 3.05) is 47.0 Å². The van der Waals surface area contributed by atoms with Crippen molar-refractivity contribution in [1.29, 1.82) is 0 Å². The molecule has 0 radical (unpaired) electrons. The third-order valence-electron chi connectivity index (χ3n) is 12.1. The van der Waals surface area contributed by atoms with Gasteiger partial charge in [-0.05, 0) is 54.2 Å². The third-order valence-corrected chi connectivity index (χ3v) is 13.5. The van der Waals surface area contributed by atoms with E-state index in [9.17, 15) is 20.1 Å². The number of thioether (sulfide) groups is 1. The quantitative estimate of drug-likeness (QED) is 0.294. The lowest BCUT2D eigenvalue weighted by atomic mass is 9.70. The van der Waals surface area contributed by atoms with Crippen LogP contribution < -0.4 is 20.1 Å². The Hall–Kier alpha value is -3.66. The Morgan fingerprint density at radius 1 is 1.06 bits per heavy atom. The summed E-state index contributed by atoms with van der Waals surface area (Å²) in [5, 5.41) is 41.7. The molecule has 5 N–H and O–H groups in total. The lowest BCUT2D eigenvalue weighted by molar-refractivity contribution is -0.161. The summed E-state index contributed by atoms with van der Waals surface area (Å²) in [4.78, 5) is 16.7. The first-order valence-electron chi connectivity index (χ1n) is 17.4. The van der Waals surface area contributed by atoms with E-state index in [-0.39, 0.29) is 48.4 Å². The van der Waals surface area contributed by atoms with E-state index in [1.54, 1.807) is 38.1 Å². The van der Waals surface area contributed by atoms with Gasteiger partial charge in [-0.15, -0.1) is 11.8 Å². The predicted octanol–water partition coefficient (Wildman–Crippen LogP) is 2.24. The Kier molecular flexibility index (Phi) is 7.77. The van der Waals surface area contributed by atoms with E-state index in [2.05, 4.69) is 28.5 Å². The van der Waals surface area contributed by atoms with Crippen LogP contribution in [0.2, 0.25) is 0 Å². The van der Waals surface area contributed by atoms with E-state index in [0.717, 1.165) is 39.2 Å². The Labute approximate surface area is 299 Å². The highest BCUT2D eigenvalue weighted by molar-refractivity contribution is 8.00. The van der Waals surface area contributed by atoms with Crippen molar-refractivity contribution in [2.24, 2.45) is 5.92 Å². The number of nitrogens with one attached hydrogen (secondary N) is 2. The van der Waals surface area contributed by atoms with Crippen LogP contribution in [0.1, 0.15) is 40.8 Å². The van der Waals surface area contributed by atoms with E-state index >= 15 is 0 Å². The maximum absolute atomic E-state index is 14.6. The summed E-state index contributed by atoms with van der Waals surface area (Å²) in [7, 11) is 4.71. The van der Waals surface area contributed by atoms with Gasteiger partial charge in [0.1, 0.15) is 30.5 Å². The number of esters is 1. The van der Waals surface area contributed by atoms with Crippen molar-refractivity contribution in [3.8, 4) is 23.0 Å². The SMILES string of the molecule is COC1=C2C(=C3OCOC3[C@@H]1C)[C@@H]1COC(=O)[C@@]3(CS[C@H]2[C@H]2C4NC(Cc5cc(C)c(OC)c(O)c54)[C@H](O)N21)NCCc1cc(O)c(OC)cc13. The van der Waals surface area contributed by atoms with Crippen LogP contribution in [0, 0.1) is 12.8 Å². The minimum atomic E-state index is -1.27. The van der Waals surface area contributed by atoms with Gasteiger partial charge in [0.25, 0.3) is 0 Å². The van der Waals surface area contributed by atoms with Crippen LogP contribution >= 0.6 is 11.8 Å². The highest BCUT2D eigenvalue weighted by Crippen LogP contribution is 2.57. The molecule has 9 atom stereocenters. The fourth-order valence-corrected chi connectivity index (χ4v) is 11.6. The molecule has 0 saturated carbocycles. The number of nitrogens with zero attached hydrogens (tertiary/aromatic N) is 1. The van der Waals surface area contributed by atoms with Gasteiger partial charge in [0, 0.05) is 41.0 Å². The van der Waals surface area contributed by atoms with Gasteiger partial charge in [-0.25, -0.2) is 4.79 Å². The Balaban J connectivity index is 1.27. The van der Waals surface area contributed by atoms with Crippen molar-refractivity contribution in [3.05, 3.63) is 68.7 Å². The molecule has 272 valence electrons. The zero-order valence-electron chi connectivity index (χ0n) is 29.1. The molecule has 0 aromatic heterocycles. The van der Waals surface area contributed by atoms with Crippen molar-refractivity contribution in [3.63, 3.8) is 0 Å². The lowest BCUT2D eigenvalue weighted by Crippen LogP contribution is -2.74. The number of aliphatic hydroxyl groups excluding tert-OH is 1. The van der Waals surface area contributed by atoms with Crippen molar-refractivity contribution < 1.29 is 48.5 Å². The summed E-state index contributed by atoms with van der Waals surface area (Å²) >= 11 is 1.57. The first-order valence-corrected chi connectivity index (χ1v) is 18.5. The number of piperazine rings is 1. The molecule has 13 nitrogen and oxygen atoms in total. The zero-order chi connectivity index (χ0) is 35.5. The number of rotatable bonds is 3. The van der Waals surface area contributed by atoms with Crippen LogP contribution in [0.15, 0.2) is 40.9 Å². The van der Waals surface area contributed by atoms with Crippen LogP contribution in [0.25, 0.3) is 0 Å². The molecule has 2 aromatic rings. The van der Waals surface area contributed by atoms with Gasteiger partial charge < -0.3 is 49.1 Å². The van der Waals surface area contributed by atoms with Crippen molar-refractivity contribution in [1.82, 2.24) is 15.5 Å². The summed E-state index contributed by atoms with van der Waals surface area (Å²) in [6.45, 7) is 4.47. The fourth-order valence-electron chi connectivity index (χ4n) is 9.92. The van der Waals surface area contributed by atoms with Crippen molar-refractivity contribution >= 4 is 17.7 Å². The van der Waals surface area contributed by atoms with Gasteiger partial charge in [-0.2, -0.15) is 0 Å². The second kappa shape index (κ2) is 11.9. The molecular weight excluding hydrogens is 678 g/mol. The number of aromatic hydroxyl groups is 2. The van der Waals surface area contributed by atoms with Gasteiger partial charge in [-0.1, -0.05) is 13.0 Å². The van der Waals surface area contributed by atoms with Gasteiger partial charge in [0.05, 0.1) is 44.7 Å². The highest BCUT2D eigenvalue weighted by atomic mass is 32.2. The molecule has 5 saturated heterocycles. The van der Waals surface area contributed by atoms with Crippen LogP contribution in [-0.2, 0) is 42.1 Å². The molecule has 8 aliphatic rings. The fraction of sp³-hybridized carbons (Fsp3) is 0.541. The Morgan fingerprint density at radius 3 is 2.65 bits per heavy atom. The average molecular weight is 722 g/mol. The van der Waals surface area contributed by atoms with Gasteiger partial charge in [0.2, 0.25) is 0 Å². The third kappa shape index (κ3) is 4.50. The number of fused-ring (bicyclic) bond motifs is 9. The standard InChI is InChI=1S/C37H43N3O10S/c1-15-8-18-9-20-35(43)40-21-12-48-36(44)37(19-11-23(45-3)22(41)10-17(19)6-7-38-37)13-51-34(28(40)27(39-20)24(18)29(42)30(15)46-4)26-25(21)33-32(49-14-50-33)16(2)31(26)47-5/h8,10-11,16,20-21,27-28,32,34-35,38-39,41-43H,6-7,9,12-14H2,1-5H3/t16-,20?,21+,27?,28-,32?,34-,35+,37+/m1/s1. The molecule has 7 aliphatic heterocycles. The topological polar surface area (TPSA) is 160 Å². The van der Waals surface area contributed by atoms with E-state index in [1.165, 1.54) is 7.11 Å². The number of carbonyl (C=O) groups is 1. The number of phenols is 2. The molecule has 14 heteroatoms. The zero-order valence-corrected chi connectivity index (χ0v) is 30.0. The summed E-state index contributed by atoms with van der Waals surface area (Å²) in [5.74, 6) is 1.84. The van der Waals surface area contributed by atoms with Crippen LogP contribution in [0.5, 0.6) is 23.0 Å². The molecule has 10 rings (SSSR count). The number of benzene rings is 2. The second-order valence-corrected chi connectivity index (χ2v) is 15.6. The summed E-state index contributed by atoms with van der Waals surface area (Å²) < 4.78 is 36.3. The minimum absolute atomic E-state index is 0.0119. The number of aryl methyl sites for hydroxylation is 1. The van der Waals surface area contributed by atoms with Crippen LogP contribution in [0.3, 0.4) is 0 Å². The minimum Gasteiger partial charge on any atom is -0.504 e. The number of phenolic OH excluding ortho intramolecular Hbond substituents is 2. The number of methoxy groups -OCH3 is 3. The van der Waals surface area contributed by atoms with E-state index in [0.29, 0.717) is 36.5 Å². The van der Waals surface area contributed by atoms with Crippen LogP contribution in [0.4, 0.5) is 0 Å². The first kappa shape index (κ1) is 33.2. The maximum Gasteiger partial charge on any atom is 0.331 e. The molecule has 3 unspecified atom stereocenters. The molecule has 1 spiro atoms. The number of hydrogen-bond acceptors (Lipinski definition) is 14. The lowest BCUT2D eigenvalue weighted by Gasteiger charge is -2.60. The smallest absolute Gasteiger partial charge is 0.331 e. The summed E-state index contributed by atoms with van der Waals surface area (Å²) in [6, 6.07) is 3.59. The maximum atomic E-state index is 14.6. The van der Waals surface area contributed by atoms with Crippen molar-refractivity contribution in [2.45, 2.75) is 74.0 Å². The normalized spacial score (nSPS) is 35.2. The van der Waals surface area contributed by atoms with Gasteiger partial charge >= 0.3 is 5.97 Å². The molecule has 2 aromatic carbocycles. The molecular formula is C37H43N3O10S. The molecule has 7 heterocycles. The molecule has 1 aliphatic carbocycles. The van der Waals surface area contributed by atoms with Crippen LogP contribution in [-0.4, -0.2) is 109 Å². The first-order chi connectivity index (χ1) is 24.6. The van der Waals surface area contributed by atoms with E-state index in [4.69, 9.17) is 28.4 Å². The highest BCUT2D eigenvalue weighted by Gasteiger charge is 2.62. The average Bonchev–Trinajstić information content (AvgIpc) is 3.62. The number of ether oxygens (including phenoxy) is 6. The van der Waals surface area contributed by atoms with E-state index in [1.807, 2.05) is 6.92 Å². The van der Waals surface area contributed by atoms with Gasteiger partial charge in [0.15, 0.2) is 35.3 Å². The Bertz CT molecular complexity index is 1900. The molecule has 51 heavy (non-hydrogen) atoms.